The van der Waals surface area contributed by atoms with Crippen molar-refractivity contribution in [2.24, 2.45) is 0 Å². The van der Waals surface area contributed by atoms with Gasteiger partial charge in [-0.05, 0) is 55.8 Å². The van der Waals surface area contributed by atoms with Crippen molar-refractivity contribution in [1.29, 1.82) is 0 Å². The quantitative estimate of drug-likeness (QED) is 0.541. The van der Waals surface area contributed by atoms with E-state index in [1.54, 1.807) is 35.4 Å². The Kier molecular flexibility index (Phi) is 6.19. The zero-order valence-electron chi connectivity index (χ0n) is 19.2. The number of piperidine rings is 1. The molecule has 5 rings (SSSR count). The van der Waals surface area contributed by atoms with E-state index in [0.29, 0.717) is 31.0 Å². The number of H-pyrrole nitrogens is 1. The molecule has 3 N–H and O–H groups in total. The average Bonchev–Trinajstić information content (AvgIpc) is 3.50. The first-order valence-electron chi connectivity index (χ1n) is 11.8. The fraction of sp³-hybridized carbons (Fsp3) is 0.400. The fourth-order valence-electron chi connectivity index (χ4n) is 4.97. The Hall–Kier alpha value is -3.46. The highest BCUT2D eigenvalue weighted by Crippen LogP contribution is 2.32. The van der Waals surface area contributed by atoms with Gasteiger partial charge in [0.15, 0.2) is 5.69 Å². The van der Waals surface area contributed by atoms with Crippen molar-refractivity contribution < 1.29 is 14.0 Å². The van der Waals surface area contributed by atoms with Gasteiger partial charge in [-0.3, -0.25) is 14.3 Å². The van der Waals surface area contributed by atoms with Crippen LogP contribution in [-0.2, 0) is 13.1 Å². The topological polar surface area (TPSA) is 95.1 Å². The number of aromatic amines is 1. The maximum atomic E-state index is 13.4. The second-order valence-electron chi connectivity index (χ2n) is 9.16. The van der Waals surface area contributed by atoms with Gasteiger partial charge >= 0.3 is 0 Å². The minimum atomic E-state index is -0.292. The number of carbonyl (C=O) groups is 2. The van der Waals surface area contributed by atoms with Gasteiger partial charge in [0.05, 0.1) is 13.1 Å². The van der Waals surface area contributed by atoms with Crippen molar-refractivity contribution in [2.45, 2.75) is 44.8 Å². The van der Waals surface area contributed by atoms with E-state index in [2.05, 4.69) is 15.6 Å². The van der Waals surface area contributed by atoms with Crippen molar-refractivity contribution in [3.05, 3.63) is 76.6 Å². The summed E-state index contributed by atoms with van der Waals surface area (Å²) in [6.45, 7) is 5.06. The van der Waals surface area contributed by atoms with Gasteiger partial charge in [0, 0.05) is 36.0 Å². The van der Waals surface area contributed by atoms with Crippen molar-refractivity contribution in [2.75, 3.05) is 19.6 Å². The van der Waals surface area contributed by atoms with Gasteiger partial charge in [-0.1, -0.05) is 19.1 Å². The van der Waals surface area contributed by atoms with E-state index >= 15 is 0 Å². The molecule has 2 amide bonds. The summed E-state index contributed by atoms with van der Waals surface area (Å²) in [6, 6.07) is 9.96. The molecule has 178 valence electrons. The van der Waals surface area contributed by atoms with E-state index < -0.39 is 0 Å². The Morgan fingerprint density at radius 2 is 1.94 bits per heavy atom. The molecule has 4 heterocycles. The molecule has 1 saturated heterocycles. The summed E-state index contributed by atoms with van der Waals surface area (Å²) in [5.74, 6) is -0.614. The molecular weight excluding hydrogens is 435 g/mol. The zero-order valence-corrected chi connectivity index (χ0v) is 19.2. The molecule has 3 aromatic rings. The molecule has 34 heavy (non-hydrogen) atoms. The number of nitrogens with one attached hydrogen (secondary N) is 3. The molecule has 2 aliphatic heterocycles. The predicted octanol–water partition coefficient (Wildman–Crippen LogP) is 2.64. The van der Waals surface area contributed by atoms with Crippen molar-refractivity contribution >= 4 is 11.8 Å². The van der Waals surface area contributed by atoms with E-state index in [1.165, 1.54) is 12.1 Å². The number of nitrogens with zero attached hydrogens (tertiary/aromatic N) is 3. The molecule has 0 bridgehead atoms. The number of benzene rings is 1. The number of fused-ring (bicyclic) bond motifs is 1. The Morgan fingerprint density at radius 3 is 2.65 bits per heavy atom. The maximum Gasteiger partial charge on any atom is 0.272 e. The smallest absolute Gasteiger partial charge is 0.272 e. The van der Waals surface area contributed by atoms with Crippen LogP contribution in [0.3, 0.4) is 0 Å². The largest absolute Gasteiger partial charge is 0.357 e. The van der Waals surface area contributed by atoms with Gasteiger partial charge in [0.2, 0.25) is 0 Å². The first kappa shape index (κ1) is 22.3. The number of halogens is 1. The van der Waals surface area contributed by atoms with E-state index in [-0.39, 0.29) is 29.6 Å². The molecule has 1 atom stereocenters. The van der Waals surface area contributed by atoms with Gasteiger partial charge in [0.25, 0.3) is 11.8 Å². The van der Waals surface area contributed by atoms with Crippen LogP contribution in [0.1, 0.15) is 63.5 Å². The van der Waals surface area contributed by atoms with Gasteiger partial charge < -0.3 is 20.5 Å². The number of amides is 2. The summed E-state index contributed by atoms with van der Waals surface area (Å²) in [6.07, 6.45) is 3.47. The second kappa shape index (κ2) is 9.42. The molecule has 9 heteroatoms. The monoisotopic (exact) mass is 464 g/mol. The molecule has 1 fully saturated rings. The van der Waals surface area contributed by atoms with E-state index in [1.807, 2.05) is 11.6 Å². The summed E-state index contributed by atoms with van der Waals surface area (Å²) >= 11 is 0. The summed E-state index contributed by atoms with van der Waals surface area (Å²) in [5.41, 5.74) is 3.53. The number of rotatable bonds is 5. The number of carbonyl (C=O) groups excluding carboxylic acids is 2. The van der Waals surface area contributed by atoms with Crippen LogP contribution in [0.25, 0.3) is 0 Å². The van der Waals surface area contributed by atoms with Gasteiger partial charge in [-0.25, -0.2) is 4.39 Å². The summed E-state index contributed by atoms with van der Waals surface area (Å²) in [7, 11) is 0. The molecule has 0 radical (unpaired) electrons. The zero-order chi connectivity index (χ0) is 23.7. The number of aromatic nitrogens is 3. The molecule has 1 unspecified atom stereocenters. The van der Waals surface area contributed by atoms with Crippen molar-refractivity contribution in [3.8, 4) is 0 Å². The Bertz CT molecular complexity index is 1160. The van der Waals surface area contributed by atoms with Gasteiger partial charge in [-0.15, -0.1) is 0 Å². The number of hydrogen-bond donors (Lipinski definition) is 3. The molecule has 0 spiro atoms. The van der Waals surface area contributed by atoms with Crippen LogP contribution < -0.4 is 10.6 Å². The predicted molar refractivity (Wildman–Crippen MR) is 125 cm³/mol. The molecule has 0 saturated carbocycles. The Labute approximate surface area is 197 Å². The maximum absolute atomic E-state index is 13.4. The van der Waals surface area contributed by atoms with Crippen LogP contribution in [0, 0.1) is 5.82 Å². The summed E-state index contributed by atoms with van der Waals surface area (Å²) in [4.78, 5) is 31.2. The third-order valence-corrected chi connectivity index (χ3v) is 6.65. The van der Waals surface area contributed by atoms with Gasteiger partial charge in [-0.2, -0.15) is 5.10 Å². The average molecular weight is 465 g/mol. The lowest BCUT2D eigenvalue weighted by atomic mass is 9.95. The minimum absolute atomic E-state index is 0.0176. The number of hydrogen-bond acceptors (Lipinski definition) is 4. The Balaban J connectivity index is 1.48. The first-order valence-corrected chi connectivity index (χ1v) is 11.8. The van der Waals surface area contributed by atoms with Crippen LogP contribution >= 0.6 is 0 Å². The molecular formula is C25H29FN6O2. The molecule has 8 nitrogen and oxygen atoms in total. The lowest BCUT2D eigenvalue weighted by Crippen LogP contribution is -2.43. The lowest BCUT2D eigenvalue weighted by molar-refractivity contribution is 0.0710. The second-order valence-corrected chi connectivity index (χ2v) is 9.16. The third-order valence-electron chi connectivity index (χ3n) is 6.65. The van der Waals surface area contributed by atoms with E-state index in [0.717, 1.165) is 42.8 Å². The van der Waals surface area contributed by atoms with Crippen molar-refractivity contribution in [1.82, 2.24) is 30.3 Å². The van der Waals surface area contributed by atoms with Crippen LogP contribution in [0.5, 0.6) is 0 Å². The van der Waals surface area contributed by atoms with Gasteiger partial charge in [0.1, 0.15) is 11.5 Å². The van der Waals surface area contributed by atoms with Crippen LogP contribution in [0.15, 0.2) is 42.6 Å². The highest BCUT2D eigenvalue weighted by Gasteiger charge is 2.35. The fourth-order valence-corrected chi connectivity index (χ4v) is 4.97. The van der Waals surface area contributed by atoms with Crippen LogP contribution in [-0.4, -0.2) is 57.2 Å². The lowest BCUT2D eigenvalue weighted by Gasteiger charge is -2.32. The Morgan fingerprint density at radius 1 is 1.18 bits per heavy atom. The highest BCUT2D eigenvalue weighted by molar-refractivity contribution is 5.95. The van der Waals surface area contributed by atoms with Crippen molar-refractivity contribution in [3.63, 3.8) is 0 Å². The third kappa shape index (κ3) is 4.48. The first-order chi connectivity index (χ1) is 16.5. The molecule has 0 aliphatic carbocycles. The van der Waals surface area contributed by atoms with E-state index in [4.69, 9.17) is 5.10 Å². The molecule has 2 aromatic heterocycles. The molecule has 1 aromatic carbocycles. The van der Waals surface area contributed by atoms with E-state index in [9.17, 15) is 14.0 Å². The standard InChI is InChI=1S/C25H29FN6O2/c1-16-13-31(25(34)21-3-2-10-28-21)15-20-22(24(33)29-19-8-11-27-12-9-19)30-32(23(16)20)14-17-4-6-18(26)7-5-17/h2-7,10,16,19,27-28H,8-9,11-15H2,1H3,(H,29,33). The summed E-state index contributed by atoms with van der Waals surface area (Å²) < 4.78 is 15.3. The molecule has 2 aliphatic rings. The SMILES string of the molecule is CC1CN(C(=O)c2ccc[nH]2)Cc2c(C(=O)NC3CCNCC3)nn(Cc3ccc(F)cc3)c21. The highest BCUT2D eigenvalue weighted by atomic mass is 19.1. The normalized spacial score (nSPS) is 18.5. The van der Waals surface area contributed by atoms with Crippen LogP contribution in [0.4, 0.5) is 4.39 Å². The minimum Gasteiger partial charge on any atom is -0.357 e. The summed E-state index contributed by atoms with van der Waals surface area (Å²) in [5, 5.41) is 11.2. The van der Waals surface area contributed by atoms with Crippen LogP contribution in [0.2, 0.25) is 0 Å².